The van der Waals surface area contributed by atoms with Gasteiger partial charge in [-0.2, -0.15) is 0 Å². The molecule has 0 aliphatic heterocycles. The summed E-state index contributed by atoms with van der Waals surface area (Å²) in [6.45, 7) is 4.14. The summed E-state index contributed by atoms with van der Waals surface area (Å²) in [7, 11) is 1.65. The maximum atomic E-state index is 11.9. The highest BCUT2D eigenvalue weighted by atomic mass is 16.2. The molecule has 1 fully saturated rings. The van der Waals surface area contributed by atoms with Gasteiger partial charge in [0.1, 0.15) is 11.5 Å². The molecule has 2 amide bonds. The minimum Gasteiger partial charge on any atom is -0.365 e. The van der Waals surface area contributed by atoms with Crippen LogP contribution in [0.4, 0.5) is 10.6 Å². The maximum Gasteiger partial charge on any atom is 0.314 e. The third kappa shape index (κ3) is 3.90. The average Bonchev–Trinajstić information content (AvgIpc) is 3.03. The molecule has 1 aromatic carbocycles. The molecule has 7 heteroatoms. The van der Waals surface area contributed by atoms with Crippen LogP contribution in [0.5, 0.6) is 0 Å². The molecule has 7 nitrogen and oxygen atoms in total. The number of carbonyl (C=O) groups is 1. The SMILES string of the molecule is CNC(=O)NC1CCCCC1Nc1nc(-c2ccccc2)nc2[nH]c(C)c(C)c12. The molecule has 4 rings (SSSR count). The number of hydrogen-bond donors (Lipinski definition) is 4. The van der Waals surface area contributed by atoms with Gasteiger partial charge in [-0.15, -0.1) is 0 Å². The number of anilines is 1. The van der Waals surface area contributed by atoms with E-state index in [0.717, 1.165) is 59.4 Å². The molecule has 29 heavy (non-hydrogen) atoms. The van der Waals surface area contributed by atoms with Crippen LogP contribution in [0, 0.1) is 13.8 Å². The van der Waals surface area contributed by atoms with Crippen LogP contribution in [-0.2, 0) is 0 Å². The second-order valence-electron chi connectivity index (χ2n) is 7.73. The number of urea groups is 1. The van der Waals surface area contributed by atoms with Crippen LogP contribution in [0.15, 0.2) is 30.3 Å². The Labute approximate surface area is 170 Å². The first-order valence-electron chi connectivity index (χ1n) is 10.2. The van der Waals surface area contributed by atoms with Crippen molar-refractivity contribution >= 4 is 22.9 Å². The largest absolute Gasteiger partial charge is 0.365 e. The van der Waals surface area contributed by atoms with E-state index in [9.17, 15) is 4.79 Å². The Balaban J connectivity index is 1.74. The van der Waals surface area contributed by atoms with Crippen LogP contribution in [0.1, 0.15) is 36.9 Å². The third-order valence-corrected chi connectivity index (χ3v) is 5.82. The monoisotopic (exact) mass is 392 g/mol. The van der Waals surface area contributed by atoms with Gasteiger partial charge in [-0.1, -0.05) is 43.2 Å². The highest BCUT2D eigenvalue weighted by Gasteiger charge is 2.28. The van der Waals surface area contributed by atoms with Gasteiger partial charge >= 0.3 is 6.03 Å². The van der Waals surface area contributed by atoms with Crippen LogP contribution < -0.4 is 16.0 Å². The molecule has 0 radical (unpaired) electrons. The average molecular weight is 393 g/mol. The molecule has 2 unspecified atom stereocenters. The number of fused-ring (bicyclic) bond motifs is 1. The molecule has 2 heterocycles. The van der Waals surface area contributed by atoms with E-state index in [4.69, 9.17) is 9.97 Å². The van der Waals surface area contributed by atoms with Crippen molar-refractivity contribution in [2.75, 3.05) is 12.4 Å². The molecular weight excluding hydrogens is 364 g/mol. The molecule has 152 valence electrons. The van der Waals surface area contributed by atoms with E-state index >= 15 is 0 Å². The molecule has 4 N–H and O–H groups in total. The summed E-state index contributed by atoms with van der Waals surface area (Å²) >= 11 is 0. The fraction of sp³-hybridized carbons (Fsp3) is 0.409. The summed E-state index contributed by atoms with van der Waals surface area (Å²) in [6.07, 6.45) is 4.19. The number of amides is 2. The first kappa shape index (κ1) is 19.2. The van der Waals surface area contributed by atoms with Gasteiger partial charge in [-0.25, -0.2) is 14.8 Å². The second kappa shape index (κ2) is 8.11. The summed E-state index contributed by atoms with van der Waals surface area (Å²) in [6, 6.07) is 10.1. The summed E-state index contributed by atoms with van der Waals surface area (Å²) in [4.78, 5) is 25.0. The highest BCUT2D eigenvalue weighted by molar-refractivity contribution is 5.93. The van der Waals surface area contributed by atoms with Crippen LogP contribution in [-0.4, -0.2) is 40.1 Å². The predicted octanol–water partition coefficient (Wildman–Crippen LogP) is 3.89. The lowest BCUT2D eigenvalue weighted by Crippen LogP contribution is -2.51. The van der Waals surface area contributed by atoms with Gasteiger partial charge in [0, 0.05) is 24.3 Å². The topological polar surface area (TPSA) is 94.7 Å². The number of benzene rings is 1. The lowest BCUT2D eigenvalue weighted by Gasteiger charge is -2.33. The molecule has 3 aromatic rings. The van der Waals surface area contributed by atoms with Crippen molar-refractivity contribution < 1.29 is 4.79 Å². The van der Waals surface area contributed by atoms with Crippen molar-refractivity contribution in [1.82, 2.24) is 25.6 Å². The quantitative estimate of drug-likeness (QED) is 0.542. The van der Waals surface area contributed by atoms with Gasteiger partial charge < -0.3 is 20.9 Å². The zero-order chi connectivity index (χ0) is 20.4. The number of aromatic nitrogens is 3. The Morgan fingerprint density at radius 3 is 2.52 bits per heavy atom. The van der Waals surface area contributed by atoms with E-state index < -0.39 is 0 Å². The molecule has 0 saturated heterocycles. The summed E-state index contributed by atoms with van der Waals surface area (Å²) in [5.74, 6) is 1.51. The Kier molecular flexibility index (Phi) is 5.38. The van der Waals surface area contributed by atoms with Gasteiger partial charge in [-0.3, -0.25) is 0 Å². The van der Waals surface area contributed by atoms with Crippen molar-refractivity contribution in [2.45, 2.75) is 51.6 Å². The van der Waals surface area contributed by atoms with Gasteiger partial charge in [0.25, 0.3) is 0 Å². The molecule has 2 aromatic heterocycles. The van der Waals surface area contributed by atoms with Crippen molar-refractivity contribution in [3.63, 3.8) is 0 Å². The van der Waals surface area contributed by atoms with Crippen LogP contribution in [0.2, 0.25) is 0 Å². The smallest absolute Gasteiger partial charge is 0.314 e. The summed E-state index contributed by atoms with van der Waals surface area (Å²) < 4.78 is 0. The van der Waals surface area contributed by atoms with Gasteiger partial charge in [0.05, 0.1) is 11.4 Å². The van der Waals surface area contributed by atoms with Crippen LogP contribution in [0.3, 0.4) is 0 Å². The standard InChI is InChI=1S/C22H28N6O/c1-13-14(2)24-20-18(13)21(28-19(27-20)15-9-5-4-6-10-15)25-16-11-7-8-12-17(16)26-22(29)23-3/h4-6,9-10,16-17H,7-8,11-12H2,1-3H3,(H2,23,26,29)(H2,24,25,27,28). The zero-order valence-electron chi connectivity index (χ0n) is 17.2. The number of aromatic amines is 1. The predicted molar refractivity (Wildman–Crippen MR) is 116 cm³/mol. The van der Waals surface area contributed by atoms with Gasteiger partial charge in [0.2, 0.25) is 0 Å². The number of hydrogen-bond acceptors (Lipinski definition) is 4. The highest BCUT2D eigenvalue weighted by Crippen LogP contribution is 2.31. The number of rotatable bonds is 4. The fourth-order valence-corrected chi connectivity index (χ4v) is 4.08. The minimum absolute atomic E-state index is 0.0641. The lowest BCUT2D eigenvalue weighted by atomic mass is 9.90. The van der Waals surface area contributed by atoms with E-state index in [0.29, 0.717) is 5.82 Å². The molecular formula is C22H28N6O. The molecule has 0 bridgehead atoms. The van der Waals surface area contributed by atoms with E-state index in [1.807, 2.05) is 30.3 Å². The second-order valence-corrected chi connectivity index (χ2v) is 7.73. The molecule has 2 atom stereocenters. The van der Waals surface area contributed by atoms with Crippen LogP contribution in [0.25, 0.3) is 22.4 Å². The Hall–Kier alpha value is -3.09. The lowest BCUT2D eigenvalue weighted by molar-refractivity contribution is 0.232. The molecule has 1 aliphatic carbocycles. The number of nitrogens with one attached hydrogen (secondary N) is 4. The van der Waals surface area contributed by atoms with E-state index in [1.165, 1.54) is 0 Å². The first-order chi connectivity index (χ1) is 14.1. The van der Waals surface area contributed by atoms with Crippen molar-refractivity contribution in [2.24, 2.45) is 0 Å². The third-order valence-electron chi connectivity index (χ3n) is 5.82. The van der Waals surface area contributed by atoms with Crippen molar-refractivity contribution in [3.05, 3.63) is 41.6 Å². The van der Waals surface area contributed by atoms with Crippen molar-refractivity contribution in [1.29, 1.82) is 0 Å². The molecule has 0 spiro atoms. The minimum atomic E-state index is -0.143. The summed E-state index contributed by atoms with van der Waals surface area (Å²) in [5.41, 5.74) is 4.05. The van der Waals surface area contributed by atoms with E-state index in [1.54, 1.807) is 7.05 Å². The zero-order valence-corrected chi connectivity index (χ0v) is 17.2. The number of carbonyl (C=O) groups excluding carboxylic acids is 1. The fourth-order valence-electron chi connectivity index (χ4n) is 4.08. The molecule has 1 aliphatic rings. The Morgan fingerprint density at radius 1 is 1.07 bits per heavy atom. The number of nitrogens with zero attached hydrogens (tertiary/aromatic N) is 2. The van der Waals surface area contributed by atoms with E-state index in [2.05, 4.69) is 34.8 Å². The van der Waals surface area contributed by atoms with Crippen molar-refractivity contribution in [3.8, 4) is 11.4 Å². The Bertz CT molecular complexity index is 1010. The van der Waals surface area contributed by atoms with E-state index in [-0.39, 0.29) is 18.1 Å². The maximum absolute atomic E-state index is 11.9. The van der Waals surface area contributed by atoms with Gasteiger partial charge in [-0.05, 0) is 32.3 Å². The number of aryl methyl sites for hydroxylation is 2. The normalized spacial score (nSPS) is 19.1. The van der Waals surface area contributed by atoms with Crippen LogP contribution >= 0.6 is 0 Å². The Morgan fingerprint density at radius 2 is 1.79 bits per heavy atom. The summed E-state index contributed by atoms with van der Waals surface area (Å²) in [5, 5.41) is 10.4. The first-order valence-corrected chi connectivity index (χ1v) is 10.2. The van der Waals surface area contributed by atoms with Gasteiger partial charge in [0.15, 0.2) is 5.82 Å². The molecule has 1 saturated carbocycles. The number of H-pyrrole nitrogens is 1.